The van der Waals surface area contributed by atoms with E-state index >= 15 is 0 Å². The zero-order valence-corrected chi connectivity index (χ0v) is 14.6. The molecule has 0 saturated heterocycles. The third-order valence-electron chi connectivity index (χ3n) is 4.82. The minimum absolute atomic E-state index is 0.121. The normalized spacial score (nSPS) is 16.2. The number of carbonyl (C=O) groups is 1. The van der Waals surface area contributed by atoms with Crippen LogP contribution in [0.1, 0.15) is 35.5 Å². The summed E-state index contributed by atoms with van der Waals surface area (Å²) in [6.45, 7) is 2.74. The zero-order valence-electron chi connectivity index (χ0n) is 14.6. The number of hydrogen-bond acceptors (Lipinski definition) is 3. The number of carbonyl (C=O) groups excluding carboxylic acids is 1. The number of pyridine rings is 1. The number of amides is 2. The minimum atomic E-state index is -0.220. The lowest BCUT2D eigenvalue weighted by Gasteiger charge is -2.35. The quantitative estimate of drug-likeness (QED) is 0.761. The number of H-pyrrole nitrogens is 1. The average Bonchev–Trinajstić information content (AvgIpc) is 3.17. The van der Waals surface area contributed by atoms with Crippen molar-refractivity contribution in [3.63, 3.8) is 0 Å². The van der Waals surface area contributed by atoms with E-state index in [1.54, 1.807) is 18.7 Å². The molecule has 2 amide bonds. The molecule has 0 bridgehead atoms. The van der Waals surface area contributed by atoms with Gasteiger partial charge in [-0.25, -0.2) is 9.78 Å². The Morgan fingerprint density at radius 1 is 1.23 bits per heavy atom. The highest BCUT2D eigenvalue weighted by atomic mass is 16.2. The lowest BCUT2D eigenvalue weighted by molar-refractivity contribution is 0.192. The zero-order chi connectivity index (χ0) is 17.9. The van der Waals surface area contributed by atoms with Crippen LogP contribution in [0.25, 0.3) is 0 Å². The van der Waals surface area contributed by atoms with Gasteiger partial charge in [0, 0.05) is 36.7 Å². The summed E-state index contributed by atoms with van der Waals surface area (Å²) in [5, 5.41) is 3.02. The van der Waals surface area contributed by atoms with E-state index in [4.69, 9.17) is 0 Å². The maximum absolute atomic E-state index is 13.0. The second-order valence-corrected chi connectivity index (χ2v) is 6.37. The standard InChI is InChI=1S/C20H21N5O/c1-2-14-3-5-16(6-4-14)24-20(26)25-12-9-17-18(23-13-22-17)19(25)15-7-10-21-11-8-15/h3-8,10-11,13,19H,2,9,12H2,1H3,(H,22,23)(H,24,26). The first-order valence-corrected chi connectivity index (χ1v) is 8.85. The molecule has 0 spiro atoms. The lowest BCUT2D eigenvalue weighted by Crippen LogP contribution is -2.43. The van der Waals surface area contributed by atoms with Crippen molar-refractivity contribution in [2.75, 3.05) is 11.9 Å². The lowest BCUT2D eigenvalue weighted by atomic mass is 9.97. The van der Waals surface area contributed by atoms with Gasteiger partial charge in [0.2, 0.25) is 0 Å². The number of aryl methyl sites for hydroxylation is 1. The molecule has 132 valence electrons. The summed E-state index contributed by atoms with van der Waals surface area (Å²) in [5.41, 5.74) is 5.04. The summed E-state index contributed by atoms with van der Waals surface area (Å²) in [5.74, 6) is 0. The molecule has 1 aliphatic heterocycles. The third-order valence-corrected chi connectivity index (χ3v) is 4.82. The van der Waals surface area contributed by atoms with Crippen molar-refractivity contribution in [2.45, 2.75) is 25.8 Å². The number of nitrogens with zero attached hydrogens (tertiary/aromatic N) is 3. The van der Waals surface area contributed by atoms with Crippen molar-refractivity contribution in [1.29, 1.82) is 0 Å². The molecule has 1 aromatic carbocycles. The van der Waals surface area contributed by atoms with Crippen LogP contribution in [0.3, 0.4) is 0 Å². The van der Waals surface area contributed by atoms with Crippen LogP contribution < -0.4 is 5.32 Å². The van der Waals surface area contributed by atoms with Gasteiger partial charge in [0.25, 0.3) is 0 Å². The number of nitrogens with one attached hydrogen (secondary N) is 2. The molecule has 2 N–H and O–H groups in total. The van der Waals surface area contributed by atoms with Gasteiger partial charge in [-0.3, -0.25) is 4.98 Å². The summed E-state index contributed by atoms with van der Waals surface area (Å²) >= 11 is 0. The van der Waals surface area contributed by atoms with E-state index in [0.717, 1.165) is 35.5 Å². The molecule has 1 unspecified atom stereocenters. The van der Waals surface area contributed by atoms with Gasteiger partial charge in [0.05, 0.1) is 12.0 Å². The van der Waals surface area contributed by atoms with Gasteiger partial charge in [-0.15, -0.1) is 0 Å². The smallest absolute Gasteiger partial charge is 0.322 e. The van der Waals surface area contributed by atoms with Crippen LogP contribution in [-0.2, 0) is 12.8 Å². The number of benzene rings is 1. The Morgan fingerprint density at radius 3 is 2.73 bits per heavy atom. The van der Waals surface area contributed by atoms with Crippen LogP contribution >= 0.6 is 0 Å². The first-order chi connectivity index (χ1) is 12.8. The van der Waals surface area contributed by atoms with Crippen LogP contribution in [0.4, 0.5) is 10.5 Å². The number of imidazole rings is 1. The third kappa shape index (κ3) is 3.06. The largest absolute Gasteiger partial charge is 0.348 e. The number of aromatic nitrogens is 3. The molecular formula is C20H21N5O. The second kappa shape index (κ2) is 7.00. The summed E-state index contributed by atoms with van der Waals surface area (Å²) in [6.07, 6.45) is 6.93. The van der Waals surface area contributed by atoms with Crippen molar-refractivity contribution >= 4 is 11.7 Å². The predicted octanol–water partition coefficient (Wildman–Crippen LogP) is 3.55. The second-order valence-electron chi connectivity index (χ2n) is 6.37. The Balaban J connectivity index is 1.62. The molecule has 1 aliphatic rings. The highest BCUT2D eigenvalue weighted by Crippen LogP contribution is 2.33. The van der Waals surface area contributed by atoms with Crippen LogP contribution in [0.15, 0.2) is 55.1 Å². The molecule has 6 heteroatoms. The van der Waals surface area contributed by atoms with Crippen molar-refractivity contribution < 1.29 is 4.79 Å². The van der Waals surface area contributed by atoms with Crippen LogP contribution in [-0.4, -0.2) is 32.4 Å². The predicted molar refractivity (Wildman–Crippen MR) is 99.9 cm³/mol. The summed E-state index contributed by atoms with van der Waals surface area (Å²) in [7, 11) is 0. The number of hydrogen-bond donors (Lipinski definition) is 2. The molecule has 0 aliphatic carbocycles. The molecule has 1 atom stereocenters. The molecule has 0 radical (unpaired) electrons. The molecular weight excluding hydrogens is 326 g/mol. The molecule has 0 saturated carbocycles. The van der Waals surface area contributed by atoms with E-state index in [2.05, 4.69) is 27.2 Å². The topological polar surface area (TPSA) is 73.9 Å². The molecule has 4 rings (SSSR count). The Morgan fingerprint density at radius 2 is 2.00 bits per heavy atom. The average molecular weight is 347 g/mol. The highest BCUT2D eigenvalue weighted by Gasteiger charge is 2.34. The fourth-order valence-electron chi connectivity index (χ4n) is 3.40. The van der Waals surface area contributed by atoms with Crippen LogP contribution in [0.2, 0.25) is 0 Å². The fourth-order valence-corrected chi connectivity index (χ4v) is 3.40. The van der Waals surface area contributed by atoms with Gasteiger partial charge in [0.1, 0.15) is 6.04 Å². The van der Waals surface area contributed by atoms with E-state index in [1.807, 2.05) is 41.3 Å². The van der Waals surface area contributed by atoms with Crippen molar-refractivity contribution in [3.05, 3.63) is 77.6 Å². The molecule has 3 heterocycles. The molecule has 0 fully saturated rings. The minimum Gasteiger partial charge on any atom is -0.348 e. The van der Waals surface area contributed by atoms with Crippen LogP contribution in [0, 0.1) is 0 Å². The first kappa shape index (κ1) is 16.3. The maximum Gasteiger partial charge on any atom is 0.322 e. The van der Waals surface area contributed by atoms with E-state index in [9.17, 15) is 4.79 Å². The van der Waals surface area contributed by atoms with Gasteiger partial charge in [-0.2, -0.15) is 0 Å². The number of fused-ring (bicyclic) bond motifs is 1. The molecule has 2 aromatic heterocycles. The molecule has 6 nitrogen and oxygen atoms in total. The Kier molecular flexibility index (Phi) is 4.39. The van der Waals surface area contributed by atoms with Gasteiger partial charge >= 0.3 is 6.03 Å². The summed E-state index contributed by atoms with van der Waals surface area (Å²) in [6, 6.07) is 11.5. The van der Waals surface area contributed by atoms with Gasteiger partial charge < -0.3 is 15.2 Å². The number of anilines is 1. The number of rotatable bonds is 3. The van der Waals surface area contributed by atoms with Crippen LogP contribution in [0.5, 0.6) is 0 Å². The highest BCUT2D eigenvalue weighted by molar-refractivity contribution is 5.90. The molecule has 26 heavy (non-hydrogen) atoms. The Bertz CT molecular complexity index is 888. The van der Waals surface area contributed by atoms with Crippen molar-refractivity contribution in [2.24, 2.45) is 0 Å². The van der Waals surface area contributed by atoms with E-state index < -0.39 is 0 Å². The first-order valence-electron chi connectivity index (χ1n) is 8.85. The van der Waals surface area contributed by atoms with E-state index in [-0.39, 0.29) is 12.1 Å². The van der Waals surface area contributed by atoms with E-state index in [1.165, 1.54) is 5.56 Å². The summed E-state index contributed by atoms with van der Waals surface area (Å²) < 4.78 is 0. The van der Waals surface area contributed by atoms with Gasteiger partial charge in [-0.05, 0) is 41.8 Å². The van der Waals surface area contributed by atoms with Gasteiger partial charge in [-0.1, -0.05) is 19.1 Å². The van der Waals surface area contributed by atoms with Crippen molar-refractivity contribution in [1.82, 2.24) is 19.9 Å². The number of urea groups is 1. The Hall–Kier alpha value is -3.15. The molecule has 3 aromatic rings. The maximum atomic E-state index is 13.0. The van der Waals surface area contributed by atoms with Gasteiger partial charge in [0.15, 0.2) is 0 Å². The Labute approximate surface area is 152 Å². The monoisotopic (exact) mass is 347 g/mol. The van der Waals surface area contributed by atoms with Crippen molar-refractivity contribution in [3.8, 4) is 0 Å². The fraction of sp³-hybridized carbons (Fsp3) is 0.250. The summed E-state index contributed by atoms with van der Waals surface area (Å²) in [4.78, 5) is 26.6. The SMILES string of the molecule is CCc1ccc(NC(=O)N2CCc3[nH]cnc3C2c2ccncc2)cc1. The van der Waals surface area contributed by atoms with E-state index in [0.29, 0.717) is 6.54 Å². The number of aromatic amines is 1.